The van der Waals surface area contributed by atoms with Crippen LogP contribution in [0.4, 0.5) is 4.39 Å². The van der Waals surface area contributed by atoms with Crippen molar-refractivity contribution in [1.82, 2.24) is 13.9 Å². The van der Waals surface area contributed by atoms with Crippen molar-refractivity contribution in [1.29, 1.82) is 0 Å². The molecule has 2 fully saturated rings. The van der Waals surface area contributed by atoms with E-state index >= 15 is 0 Å². The number of nitrogens with zero attached hydrogens (tertiary/aromatic N) is 3. The number of morpholine rings is 1. The van der Waals surface area contributed by atoms with E-state index in [0.717, 1.165) is 25.0 Å². The molecule has 0 aliphatic carbocycles. The molecule has 0 unspecified atom stereocenters. The van der Waals surface area contributed by atoms with E-state index in [9.17, 15) is 12.8 Å². The minimum atomic E-state index is -3.64. The average Bonchev–Trinajstić information content (AvgIpc) is 3.47. The Kier molecular flexibility index (Phi) is 7.15. The van der Waals surface area contributed by atoms with Gasteiger partial charge in [-0.1, -0.05) is 29.4 Å². The van der Waals surface area contributed by atoms with Gasteiger partial charge in [0.2, 0.25) is 10.0 Å². The largest absolute Gasteiger partial charge is 0.379 e. The maximum Gasteiger partial charge on any atom is 0.243 e. The molecule has 0 N–H and O–H groups in total. The second kappa shape index (κ2) is 10.1. The molecular weight excluding hydrogens is 501 g/mol. The van der Waals surface area contributed by atoms with Crippen LogP contribution in [0.15, 0.2) is 46.5 Å². The lowest BCUT2D eigenvalue weighted by Gasteiger charge is -2.26. The Morgan fingerprint density at radius 2 is 2.00 bits per heavy atom. The van der Waals surface area contributed by atoms with E-state index in [0.29, 0.717) is 59.9 Å². The molecule has 3 aromatic rings. The first-order chi connectivity index (χ1) is 16.4. The van der Waals surface area contributed by atoms with E-state index in [-0.39, 0.29) is 16.8 Å². The van der Waals surface area contributed by atoms with Gasteiger partial charge in [0.05, 0.1) is 41.8 Å². The van der Waals surface area contributed by atoms with Gasteiger partial charge < -0.3 is 14.0 Å². The summed E-state index contributed by atoms with van der Waals surface area (Å²) in [4.78, 5) is 4.95. The fourth-order valence-electron chi connectivity index (χ4n) is 4.27. The molecule has 182 valence electrons. The Balaban J connectivity index is 1.49. The first kappa shape index (κ1) is 24.0. The number of hydrogen-bond acceptors (Lipinski definition) is 6. The minimum absolute atomic E-state index is 0.0607. The summed E-state index contributed by atoms with van der Waals surface area (Å²) in [5.74, 6) is -0.0556. The maximum absolute atomic E-state index is 14.3. The molecule has 2 aliphatic heterocycles. The molecule has 1 aromatic heterocycles. The number of thioether (sulfide) groups is 1. The smallest absolute Gasteiger partial charge is 0.243 e. The predicted molar refractivity (Wildman–Crippen MR) is 129 cm³/mol. The van der Waals surface area contributed by atoms with Gasteiger partial charge in [-0.25, -0.2) is 17.8 Å². The van der Waals surface area contributed by atoms with Crippen molar-refractivity contribution in [3.05, 3.63) is 52.8 Å². The van der Waals surface area contributed by atoms with Gasteiger partial charge in [-0.2, -0.15) is 4.31 Å². The van der Waals surface area contributed by atoms with Gasteiger partial charge >= 0.3 is 0 Å². The van der Waals surface area contributed by atoms with Crippen LogP contribution in [0, 0.1) is 5.82 Å². The van der Waals surface area contributed by atoms with Crippen LogP contribution in [0.25, 0.3) is 11.0 Å². The SMILES string of the molecule is O=S(=O)(c1ccc2c(c1)nc(SCc1c(F)cccc1Cl)n2C[C@@H]1CCCO1)N1CCOCC1. The van der Waals surface area contributed by atoms with Crippen molar-refractivity contribution < 1.29 is 22.3 Å². The number of hydrogen-bond donors (Lipinski definition) is 0. The molecule has 11 heteroatoms. The number of aromatic nitrogens is 2. The molecule has 2 aromatic carbocycles. The number of rotatable bonds is 7. The lowest BCUT2D eigenvalue weighted by Crippen LogP contribution is -2.40. The molecule has 7 nitrogen and oxygen atoms in total. The van der Waals surface area contributed by atoms with Crippen LogP contribution in [0.3, 0.4) is 0 Å². The summed E-state index contributed by atoms with van der Waals surface area (Å²) in [5, 5.41) is 1.04. The fourth-order valence-corrected chi connectivity index (χ4v) is 7.07. The van der Waals surface area contributed by atoms with Gasteiger partial charge in [0.15, 0.2) is 5.16 Å². The van der Waals surface area contributed by atoms with Gasteiger partial charge in [0.1, 0.15) is 5.82 Å². The zero-order chi connectivity index (χ0) is 23.7. The zero-order valence-corrected chi connectivity index (χ0v) is 20.8. The standard InChI is InChI=1S/C23H25ClFN3O4S2/c24-19-4-1-5-20(25)18(19)15-33-23-26-21-13-17(34(29,30)27-8-11-31-12-9-27)6-7-22(21)28(23)14-16-3-2-10-32-16/h1,4-7,13,16H,2-3,8-12,14-15H2/t16-/m0/s1. The molecular formula is C23H25ClFN3O4S2. The number of fused-ring (bicyclic) bond motifs is 1. The van der Waals surface area contributed by atoms with Crippen molar-refractivity contribution in [2.45, 2.75) is 41.3 Å². The summed E-state index contributed by atoms with van der Waals surface area (Å²) in [6.07, 6.45) is 2.02. The summed E-state index contributed by atoms with van der Waals surface area (Å²) in [7, 11) is -3.64. The van der Waals surface area contributed by atoms with Gasteiger partial charge in [-0.05, 0) is 43.2 Å². The van der Waals surface area contributed by atoms with Crippen molar-refractivity contribution >= 4 is 44.4 Å². The zero-order valence-electron chi connectivity index (χ0n) is 18.5. The van der Waals surface area contributed by atoms with Gasteiger partial charge in [-0.15, -0.1) is 0 Å². The number of halogens is 2. The molecule has 0 spiro atoms. The molecule has 1 atom stereocenters. The van der Waals surface area contributed by atoms with Crippen LogP contribution in [-0.2, 0) is 31.8 Å². The predicted octanol–water partition coefficient (Wildman–Crippen LogP) is 4.32. The van der Waals surface area contributed by atoms with Crippen molar-refractivity contribution in [3.8, 4) is 0 Å². The van der Waals surface area contributed by atoms with E-state index in [4.69, 9.17) is 26.1 Å². The van der Waals surface area contributed by atoms with Crippen molar-refractivity contribution in [2.75, 3.05) is 32.9 Å². The quantitative estimate of drug-likeness (QED) is 0.428. The molecule has 2 aliphatic rings. The highest BCUT2D eigenvalue weighted by molar-refractivity contribution is 7.98. The Morgan fingerprint density at radius 3 is 2.74 bits per heavy atom. The number of benzene rings is 2. The summed E-state index contributed by atoms with van der Waals surface area (Å²) in [6, 6.07) is 9.67. The summed E-state index contributed by atoms with van der Waals surface area (Å²) in [5.41, 5.74) is 1.81. The third kappa shape index (κ3) is 4.84. The molecule has 5 rings (SSSR count). The lowest BCUT2D eigenvalue weighted by molar-refractivity contribution is 0.0730. The van der Waals surface area contributed by atoms with E-state index in [1.165, 1.54) is 22.1 Å². The van der Waals surface area contributed by atoms with Crippen LogP contribution in [0.1, 0.15) is 18.4 Å². The molecule has 0 amide bonds. The summed E-state index contributed by atoms with van der Waals surface area (Å²) < 4.78 is 55.2. The Morgan fingerprint density at radius 1 is 1.18 bits per heavy atom. The van der Waals surface area contributed by atoms with E-state index in [2.05, 4.69) is 0 Å². The molecule has 34 heavy (non-hydrogen) atoms. The van der Waals surface area contributed by atoms with Crippen LogP contribution < -0.4 is 0 Å². The van der Waals surface area contributed by atoms with Crippen molar-refractivity contribution in [3.63, 3.8) is 0 Å². The lowest BCUT2D eigenvalue weighted by atomic mass is 10.2. The highest BCUT2D eigenvalue weighted by Gasteiger charge is 2.28. The topological polar surface area (TPSA) is 73.7 Å². The first-order valence-electron chi connectivity index (χ1n) is 11.2. The van der Waals surface area contributed by atoms with E-state index in [1.807, 2.05) is 4.57 Å². The third-order valence-electron chi connectivity index (χ3n) is 6.11. The van der Waals surface area contributed by atoms with Crippen LogP contribution >= 0.6 is 23.4 Å². The van der Waals surface area contributed by atoms with E-state index < -0.39 is 10.0 Å². The normalized spacial score (nSPS) is 19.8. The molecule has 0 bridgehead atoms. The van der Waals surface area contributed by atoms with Crippen LogP contribution in [0.2, 0.25) is 5.02 Å². The van der Waals surface area contributed by atoms with Gasteiger partial charge in [-0.3, -0.25) is 0 Å². The Hall–Kier alpha value is -1.69. The number of ether oxygens (including phenoxy) is 2. The second-order valence-electron chi connectivity index (χ2n) is 8.30. The van der Waals surface area contributed by atoms with Crippen LogP contribution in [0.5, 0.6) is 0 Å². The second-order valence-corrected chi connectivity index (χ2v) is 11.6. The van der Waals surface area contributed by atoms with E-state index in [1.54, 1.807) is 30.3 Å². The molecule has 2 saturated heterocycles. The van der Waals surface area contributed by atoms with Crippen LogP contribution in [-0.4, -0.2) is 61.3 Å². The Labute approximate surface area is 207 Å². The summed E-state index contributed by atoms with van der Waals surface area (Å²) >= 11 is 7.59. The first-order valence-corrected chi connectivity index (χ1v) is 14.0. The fraction of sp³-hybridized carbons (Fsp3) is 0.435. The van der Waals surface area contributed by atoms with Crippen molar-refractivity contribution in [2.24, 2.45) is 0 Å². The van der Waals surface area contributed by atoms with Gasteiger partial charge in [0.25, 0.3) is 0 Å². The highest BCUT2D eigenvalue weighted by Crippen LogP contribution is 2.32. The maximum atomic E-state index is 14.3. The number of sulfonamides is 1. The molecule has 3 heterocycles. The van der Waals surface area contributed by atoms with Gasteiger partial charge in [0, 0.05) is 36.0 Å². The number of imidazole rings is 1. The highest BCUT2D eigenvalue weighted by atomic mass is 35.5. The Bertz CT molecular complexity index is 1270. The molecule has 0 saturated carbocycles. The monoisotopic (exact) mass is 525 g/mol. The minimum Gasteiger partial charge on any atom is -0.379 e. The summed E-state index contributed by atoms with van der Waals surface area (Å²) in [6.45, 7) is 2.76. The third-order valence-corrected chi connectivity index (χ3v) is 9.36. The molecule has 0 radical (unpaired) electrons. The average molecular weight is 526 g/mol.